The van der Waals surface area contributed by atoms with E-state index in [1.54, 1.807) is 0 Å². The normalized spacial score (nSPS) is 5.00. The SMILES string of the molecule is O=C([O-])F.O=C([O-])F.O=C([O-])F.O=C([O-])F.O=C([O-])F.O=C([O-])F.[Na+].[Na+].[Na+].[Na+].[Na+].[Na+]. The van der Waals surface area contributed by atoms with Gasteiger partial charge in [-0.15, -0.1) is 0 Å². The molecule has 30 heavy (non-hydrogen) atoms. The number of carbonyl (C=O) groups excluding carboxylic acids is 6. The summed E-state index contributed by atoms with van der Waals surface area (Å²) in [6.07, 6.45) is -15.5. The molecule has 0 heterocycles. The standard InChI is InChI=1S/6CHFO2.6Na/c6*2-1(3)4;;;;;;/h6*(H,3,4);;;;;;/q;;;;;;6*+1/p-6. The van der Waals surface area contributed by atoms with Gasteiger partial charge in [0.1, 0.15) is 0 Å². The maximum atomic E-state index is 9.81. The third-order valence-corrected chi connectivity index (χ3v) is 0. The Balaban J connectivity index is -0.0000000125. The molecular formula is C6F6Na6O12. The van der Waals surface area contributed by atoms with Crippen LogP contribution in [-0.2, 0) is 0 Å². The number of halogens is 6. The van der Waals surface area contributed by atoms with Crippen molar-refractivity contribution in [2.75, 3.05) is 0 Å². The van der Waals surface area contributed by atoms with Crippen LogP contribution in [0, 0.1) is 0 Å². The Morgan fingerprint density at radius 1 is 0.300 bits per heavy atom. The first kappa shape index (κ1) is 76.8. The zero-order chi connectivity index (χ0) is 21.5. The fraction of sp³-hybridized carbons (Fsp3) is 0. The second-order valence-electron chi connectivity index (χ2n) is 1.43. The fourth-order valence-corrected chi connectivity index (χ4v) is 0. The summed E-state index contributed by atoms with van der Waals surface area (Å²) in [4.78, 5) is 49.3. The van der Waals surface area contributed by atoms with Crippen LogP contribution in [0.4, 0.5) is 55.1 Å². The molecule has 24 heteroatoms. The van der Waals surface area contributed by atoms with Crippen LogP contribution in [0.1, 0.15) is 0 Å². The number of carbonyl (C=O) groups is 6. The van der Waals surface area contributed by atoms with E-state index in [1.165, 1.54) is 0 Å². The van der Waals surface area contributed by atoms with E-state index in [9.17, 15) is 26.3 Å². The number of rotatable bonds is 0. The van der Waals surface area contributed by atoms with Crippen LogP contribution >= 0.6 is 0 Å². The van der Waals surface area contributed by atoms with Crippen LogP contribution < -0.4 is 208 Å². The molecule has 144 valence electrons. The van der Waals surface area contributed by atoms with Crippen molar-refractivity contribution in [3.63, 3.8) is 0 Å². The van der Waals surface area contributed by atoms with E-state index in [1.807, 2.05) is 0 Å². The van der Waals surface area contributed by atoms with E-state index in [-0.39, 0.29) is 177 Å². The van der Waals surface area contributed by atoms with Crippen LogP contribution in [0.3, 0.4) is 0 Å². The molecule has 0 bridgehead atoms. The Hall–Kier alpha value is 2.40. The average molecular weight is 516 g/mol. The van der Waals surface area contributed by atoms with Gasteiger partial charge in [0, 0.05) is 0 Å². The van der Waals surface area contributed by atoms with Crippen molar-refractivity contribution >= 4 is 37.3 Å². The van der Waals surface area contributed by atoms with E-state index < -0.39 is 37.3 Å². The Bertz CT molecular complexity index is 289. The zero-order valence-electron chi connectivity index (χ0n) is 16.2. The van der Waals surface area contributed by atoms with Crippen molar-refractivity contribution in [1.82, 2.24) is 0 Å². The molecule has 0 radical (unpaired) electrons. The minimum atomic E-state index is -2.58. The largest absolute Gasteiger partial charge is 1.00 e. The second kappa shape index (κ2) is 69.7. The molecule has 0 amide bonds. The van der Waals surface area contributed by atoms with Gasteiger partial charge >= 0.3 is 177 Å². The van der Waals surface area contributed by atoms with E-state index in [4.69, 9.17) is 59.4 Å². The summed E-state index contributed by atoms with van der Waals surface area (Å²) in [5.41, 5.74) is 0. The van der Waals surface area contributed by atoms with E-state index >= 15 is 0 Å². The van der Waals surface area contributed by atoms with Crippen molar-refractivity contribution in [2.24, 2.45) is 0 Å². The number of carboxylic acid groups (broad SMARTS) is 6. The molecule has 0 aliphatic rings. The predicted molar refractivity (Wildman–Crippen MR) is 39.0 cm³/mol. The average Bonchev–Trinajstić information content (AvgIpc) is 2.08. The van der Waals surface area contributed by atoms with Gasteiger partial charge in [0.2, 0.25) is 37.3 Å². The number of hydrogen-bond donors (Lipinski definition) is 0. The minimum Gasteiger partial charge on any atom is -0.520 e. The molecule has 0 N–H and O–H groups in total. The molecule has 0 saturated carbocycles. The summed E-state index contributed by atoms with van der Waals surface area (Å²) in [6, 6.07) is 0. The van der Waals surface area contributed by atoms with E-state index in [2.05, 4.69) is 0 Å². The van der Waals surface area contributed by atoms with Gasteiger partial charge in [0.25, 0.3) is 0 Å². The van der Waals surface area contributed by atoms with Gasteiger partial charge in [0.15, 0.2) is 0 Å². The smallest absolute Gasteiger partial charge is 0.520 e. The first-order valence-electron chi connectivity index (χ1n) is 3.58. The summed E-state index contributed by atoms with van der Waals surface area (Å²) in [5, 5.41) is 49.3. The van der Waals surface area contributed by atoms with Crippen LogP contribution in [-0.4, -0.2) is 37.3 Å². The maximum absolute atomic E-state index is 9.81. The quantitative estimate of drug-likeness (QED) is 0.166. The van der Waals surface area contributed by atoms with Gasteiger partial charge < -0.3 is 59.4 Å². The van der Waals surface area contributed by atoms with Crippen LogP contribution in [0.25, 0.3) is 0 Å². The van der Waals surface area contributed by atoms with Gasteiger partial charge in [0.05, 0.1) is 0 Å². The van der Waals surface area contributed by atoms with Crippen molar-refractivity contribution in [3.05, 3.63) is 0 Å². The first-order chi connectivity index (χ1) is 10.4. The molecule has 0 aromatic heterocycles. The van der Waals surface area contributed by atoms with Crippen molar-refractivity contribution in [2.45, 2.75) is 0 Å². The van der Waals surface area contributed by atoms with Gasteiger partial charge in [-0.1, -0.05) is 0 Å². The Morgan fingerprint density at radius 3 is 0.300 bits per heavy atom. The van der Waals surface area contributed by atoms with Gasteiger partial charge in [-0.25, -0.2) is 0 Å². The third kappa shape index (κ3) is 4560. The van der Waals surface area contributed by atoms with Crippen LogP contribution in [0.15, 0.2) is 0 Å². The molecule has 12 nitrogen and oxygen atoms in total. The molecule has 0 rings (SSSR count). The Morgan fingerprint density at radius 2 is 0.300 bits per heavy atom. The van der Waals surface area contributed by atoms with E-state index in [0.29, 0.717) is 0 Å². The molecule has 0 saturated heterocycles. The maximum Gasteiger partial charge on any atom is 1.00 e. The second-order valence-corrected chi connectivity index (χ2v) is 1.43. The summed E-state index contributed by atoms with van der Waals surface area (Å²) in [7, 11) is 0. The van der Waals surface area contributed by atoms with E-state index in [0.717, 1.165) is 0 Å². The fourth-order valence-electron chi connectivity index (χ4n) is 0. The molecule has 0 unspecified atom stereocenters. The molecule has 0 spiro atoms. The Labute approximate surface area is 295 Å². The molecule has 0 fully saturated rings. The molecule has 0 aliphatic heterocycles. The van der Waals surface area contributed by atoms with Crippen molar-refractivity contribution in [3.8, 4) is 0 Å². The topological polar surface area (TPSA) is 241 Å². The Kier molecular flexibility index (Phi) is 178. The van der Waals surface area contributed by atoms with Gasteiger partial charge in [-0.05, 0) is 0 Å². The van der Waals surface area contributed by atoms with Crippen molar-refractivity contribution in [1.29, 1.82) is 0 Å². The third-order valence-electron chi connectivity index (χ3n) is 0. The summed E-state index contributed by atoms with van der Waals surface area (Å²) < 4.78 is 58.8. The molecule has 0 aliphatic carbocycles. The summed E-state index contributed by atoms with van der Waals surface area (Å²) >= 11 is 0. The molecule has 0 atom stereocenters. The summed E-state index contributed by atoms with van der Waals surface area (Å²) in [5.74, 6) is 0. The molecule has 0 aromatic rings. The molecule has 0 aromatic carbocycles. The van der Waals surface area contributed by atoms with Gasteiger partial charge in [-0.2, -0.15) is 26.3 Å². The first-order valence-corrected chi connectivity index (χ1v) is 3.58. The zero-order valence-corrected chi connectivity index (χ0v) is 28.2. The number of hydrogen-bond acceptors (Lipinski definition) is 12. The monoisotopic (exact) mass is 516 g/mol. The predicted octanol–water partition coefficient (Wildman–Crippen LogP) is -22.2. The van der Waals surface area contributed by atoms with Crippen LogP contribution in [0.2, 0.25) is 0 Å². The van der Waals surface area contributed by atoms with Crippen molar-refractivity contribution < 1.29 is 263 Å². The minimum absolute atomic E-state index is 0. The van der Waals surface area contributed by atoms with Gasteiger partial charge in [-0.3, -0.25) is 0 Å². The summed E-state index contributed by atoms with van der Waals surface area (Å²) in [6.45, 7) is 0. The van der Waals surface area contributed by atoms with Crippen LogP contribution in [0.5, 0.6) is 0 Å². The molecular weight excluding hydrogens is 516 g/mol.